The summed E-state index contributed by atoms with van der Waals surface area (Å²) in [5.41, 5.74) is 0.870. The van der Waals surface area contributed by atoms with Crippen molar-refractivity contribution in [2.45, 2.75) is 205 Å². The van der Waals surface area contributed by atoms with Gasteiger partial charge in [-0.3, -0.25) is 0 Å². The molecule has 2 aliphatic rings. The second kappa shape index (κ2) is 22.7. The molecule has 5 heteroatoms. The van der Waals surface area contributed by atoms with Crippen LogP contribution < -0.4 is 0 Å². The van der Waals surface area contributed by atoms with E-state index in [1.807, 2.05) is 13.0 Å². The summed E-state index contributed by atoms with van der Waals surface area (Å²) >= 11 is 0. The van der Waals surface area contributed by atoms with Crippen LogP contribution in [0, 0.1) is 0 Å². The summed E-state index contributed by atoms with van der Waals surface area (Å²) in [6, 6.07) is 0. The molecule has 2 aliphatic heterocycles. The average Bonchev–Trinajstić information content (AvgIpc) is 3.56. The minimum atomic E-state index is -0.389. The number of aliphatic hydroxyl groups excluding tert-OH is 2. The number of esters is 1. The zero-order valence-electron chi connectivity index (χ0n) is 26.3. The minimum absolute atomic E-state index is 0.0443. The fourth-order valence-corrected chi connectivity index (χ4v) is 6.37. The summed E-state index contributed by atoms with van der Waals surface area (Å²) < 4.78 is 11.2. The molecule has 0 unspecified atom stereocenters. The van der Waals surface area contributed by atoms with Gasteiger partial charge < -0.3 is 19.7 Å². The van der Waals surface area contributed by atoms with Crippen LogP contribution in [0.25, 0.3) is 0 Å². The highest BCUT2D eigenvalue weighted by Crippen LogP contribution is 2.28. The van der Waals surface area contributed by atoms with Crippen molar-refractivity contribution in [1.82, 2.24) is 0 Å². The number of rotatable bonds is 26. The van der Waals surface area contributed by atoms with Crippen LogP contribution in [0.1, 0.15) is 174 Å². The van der Waals surface area contributed by atoms with Crippen molar-refractivity contribution in [3.63, 3.8) is 0 Å². The molecule has 0 aromatic carbocycles. The van der Waals surface area contributed by atoms with Gasteiger partial charge >= 0.3 is 5.97 Å². The molecular formula is C35H64O5. The lowest BCUT2D eigenvalue weighted by Gasteiger charge is -2.22. The summed E-state index contributed by atoms with van der Waals surface area (Å²) in [4.78, 5) is 11.6. The summed E-state index contributed by atoms with van der Waals surface area (Å²) in [6.45, 7) is 4.18. The molecule has 0 spiro atoms. The van der Waals surface area contributed by atoms with Crippen LogP contribution in [0.2, 0.25) is 0 Å². The maximum atomic E-state index is 11.6. The Morgan fingerprint density at radius 2 is 1.07 bits per heavy atom. The van der Waals surface area contributed by atoms with Crippen molar-refractivity contribution >= 4 is 5.97 Å². The van der Waals surface area contributed by atoms with Crippen molar-refractivity contribution in [2.75, 3.05) is 0 Å². The summed E-state index contributed by atoms with van der Waals surface area (Å²) in [7, 11) is 0. The van der Waals surface area contributed by atoms with E-state index in [1.165, 1.54) is 109 Å². The fraction of sp³-hybridized carbons (Fsp3) is 0.914. The molecule has 2 N–H and O–H groups in total. The largest absolute Gasteiger partial charge is 0.455 e. The van der Waals surface area contributed by atoms with Gasteiger partial charge in [0.15, 0.2) is 0 Å². The monoisotopic (exact) mass is 564 g/mol. The zero-order valence-corrected chi connectivity index (χ0v) is 26.3. The second-order valence-corrected chi connectivity index (χ2v) is 12.8. The third-order valence-electron chi connectivity index (χ3n) is 8.98. The van der Waals surface area contributed by atoms with Crippen molar-refractivity contribution in [3.05, 3.63) is 11.6 Å². The predicted molar refractivity (Wildman–Crippen MR) is 165 cm³/mol. The van der Waals surface area contributed by atoms with E-state index < -0.39 is 0 Å². The Balaban J connectivity index is 1.35. The standard InChI is InChI=1S/C35H64O5/c1-3-4-5-6-7-8-12-15-18-21-24-31(36)33-26-27-34(40-33)32(37)25-22-19-16-13-10-9-11-14-17-20-23-30-28-29(2)39-35(30)38/h28-29,31-34,36-37H,3-27H2,1-2H3/t29-,31-,32+,33+,34+/m0/s1. The molecular weight excluding hydrogens is 500 g/mol. The molecule has 0 aromatic rings. The normalized spacial score (nSPS) is 22.4. The number of hydrogen-bond acceptors (Lipinski definition) is 5. The van der Waals surface area contributed by atoms with Gasteiger partial charge in [-0.1, -0.05) is 129 Å². The molecule has 1 fully saturated rings. The van der Waals surface area contributed by atoms with Gasteiger partial charge in [0.25, 0.3) is 0 Å². The Morgan fingerprint density at radius 1 is 0.675 bits per heavy atom. The molecule has 1 saturated heterocycles. The van der Waals surface area contributed by atoms with Crippen LogP contribution >= 0.6 is 0 Å². The molecule has 5 nitrogen and oxygen atoms in total. The average molecular weight is 565 g/mol. The Labute approximate surface area is 246 Å². The Morgan fingerprint density at radius 3 is 1.48 bits per heavy atom. The van der Waals surface area contributed by atoms with Crippen molar-refractivity contribution < 1.29 is 24.5 Å². The lowest BCUT2D eigenvalue weighted by atomic mass is 10.00. The first-order valence-corrected chi connectivity index (χ1v) is 17.4. The molecule has 0 aromatic heterocycles. The fourth-order valence-electron chi connectivity index (χ4n) is 6.37. The number of carbonyl (C=O) groups excluding carboxylic acids is 1. The smallest absolute Gasteiger partial charge is 0.334 e. The van der Waals surface area contributed by atoms with Crippen LogP contribution in [0.15, 0.2) is 11.6 Å². The van der Waals surface area contributed by atoms with Gasteiger partial charge in [-0.25, -0.2) is 4.79 Å². The van der Waals surface area contributed by atoms with E-state index in [2.05, 4.69) is 6.92 Å². The molecule has 0 saturated carbocycles. The number of unbranched alkanes of at least 4 members (excludes halogenated alkanes) is 18. The van der Waals surface area contributed by atoms with Crippen molar-refractivity contribution in [1.29, 1.82) is 0 Å². The van der Waals surface area contributed by atoms with E-state index in [4.69, 9.17) is 9.47 Å². The van der Waals surface area contributed by atoms with Crippen LogP contribution in [-0.2, 0) is 14.3 Å². The lowest BCUT2D eigenvalue weighted by molar-refractivity contribution is -0.139. The third kappa shape index (κ3) is 15.9. The first kappa shape index (κ1) is 35.3. The van der Waals surface area contributed by atoms with E-state index in [0.717, 1.165) is 56.9 Å². The number of carbonyl (C=O) groups is 1. The van der Waals surface area contributed by atoms with Gasteiger partial charge in [-0.15, -0.1) is 0 Å². The second-order valence-electron chi connectivity index (χ2n) is 12.8. The van der Waals surface area contributed by atoms with E-state index in [0.29, 0.717) is 0 Å². The van der Waals surface area contributed by atoms with Gasteiger partial charge in [0, 0.05) is 5.57 Å². The molecule has 0 radical (unpaired) electrons. The van der Waals surface area contributed by atoms with Crippen molar-refractivity contribution in [2.24, 2.45) is 0 Å². The highest BCUT2D eigenvalue weighted by Gasteiger charge is 2.34. The zero-order chi connectivity index (χ0) is 28.8. The molecule has 40 heavy (non-hydrogen) atoms. The highest BCUT2D eigenvalue weighted by molar-refractivity contribution is 5.90. The van der Waals surface area contributed by atoms with Gasteiger partial charge in [-0.2, -0.15) is 0 Å². The quantitative estimate of drug-likeness (QED) is 0.0809. The summed E-state index contributed by atoms with van der Waals surface area (Å²) in [5, 5.41) is 21.2. The molecule has 0 aliphatic carbocycles. The predicted octanol–water partition coefficient (Wildman–Crippen LogP) is 9.12. The summed E-state index contributed by atoms with van der Waals surface area (Å²) in [5.74, 6) is -0.117. The molecule has 234 valence electrons. The van der Waals surface area contributed by atoms with E-state index in [1.54, 1.807) is 0 Å². The molecule has 5 atom stereocenters. The van der Waals surface area contributed by atoms with Gasteiger partial charge in [0.2, 0.25) is 0 Å². The minimum Gasteiger partial charge on any atom is -0.455 e. The third-order valence-corrected chi connectivity index (χ3v) is 8.98. The first-order chi connectivity index (χ1) is 19.5. The molecule has 0 amide bonds. The van der Waals surface area contributed by atoms with Gasteiger partial charge in [-0.05, 0) is 51.5 Å². The number of cyclic esters (lactones) is 1. The number of aliphatic hydroxyl groups is 2. The van der Waals surface area contributed by atoms with Crippen LogP contribution in [0.3, 0.4) is 0 Å². The van der Waals surface area contributed by atoms with E-state index in [-0.39, 0.29) is 36.5 Å². The SMILES string of the molecule is CCCCCCCCCCCC[C@H](O)[C@H]1CC[C@H]([C@H](O)CCCCCCCCCCCCC2=C[C@H](C)OC2=O)O1. The topological polar surface area (TPSA) is 76.0 Å². The lowest BCUT2D eigenvalue weighted by Crippen LogP contribution is -2.31. The number of ether oxygens (including phenoxy) is 2. The maximum absolute atomic E-state index is 11.6. The molecule has 2 heterocycles. The van der Waals surface area contributed by atoms with Gasteiger partial charge in [0.1, 0.15) is 6.10 Å². The van der Waals surface area contributed by atoms with E-state index >= 15 is 0 Å². The Kier molecular flexibility index (Phi) is 20.0. The maximum Gasteiger partial charge on any atom is 0.334 e. The van der Waals surface area contributed by atoms with Gasteiger partial charge in [0.05, 0.1) is 24.4 Å². The van der Waals surface area contributed by atoms with Crippen LogP contribution in [-0.4, -0.2) is 46.7 Å². The van der Waals surface area contributed by atoms with Crippen LogP contribution in [0.5, 0.6) is 0 Å². The van der Waals surface area contributed by atoms with Crippen molar-refractivity contribution in [3.8, 4) is 0 Å². The Bertz CT molecular complexity index is 662. The van der Waals surface area contributed by atoms with E-state index in [9.17, 15) is 15.0 Å². The molecule has 2 rings (SSSR count). The Hall–Kier alpha value is -0.910. The summed E-state index contributed by atoms with van der Waals surface area (Å²) in [6.07, 6.45) is 30.5. The first-order valence-electron chi connectivity index (χ1n) is 17.4. The number of hydrogen-bond donors (Lipinski definition) is 2. The molecule has 0 bridgehead atoms. The van der Waals surface area contributed by atoms with Crippen LogP contribution in [0.4, 0.5) is 0 Å². The highest BCUT2D eigenvalue weighted by atomic mass is 16.5.